The Bertz CT molecular complexity index is 388. The van der Waals surface area contributed by atoms with Gasteiger partial charge in [0.2, 0.25) is 0 Å². The van der Waals surface area contributed by atoms with Crippen LogP contribution in [0.3, 0.4) is 0 Å². The predicted octanol–water partition coefficient (Wildman–Crippen LogP) is 5.33. The molecule has 0 radical (unpaired) electrons. The van der Waals surface area contributed by atoms with Gasteiger partial charge in [0, 0.05) is 10.5 Å². The summed E-state index contributed by atoms with van der Waals surface area (Å²) in [7, 11) is 0. The molecule has 1 aliphatic carbocycles. The third kappa shape index (κ3) is 3.49. The molecule has 0 bridgehead atoms. The van der Waals surface area contributed by atoms with Crippen molar-refractivity contribution in [3.63, 3.8) is 0 Å². The van der Waals surface area contributed by atoms with E-state index in [1.54, 1.807) is 0 Å². The zero-order chi connectivity index (χ0) is 13.0. The first-order valence-corrected chi connectivity index (χ1v) is 8.06. The van der Waals surface area contributed by atoms with E-state index in [9.17, 15) is 0 Å². The van der Waals surface area contributed by atoms with E-state index in [0.29, 0.717) is 6.04 Å². The van der Waals surface area contributed by atoms with Gasteiger partial charge in [0.1, 0.15) is 0 Å². The zero-order valence-corrected chi connectivity index (χ0v) is 13.2. The highest BCUT2D eigenvalue weighted by atomic mass is 79.9. The van der Waals surface area contributed by atoms with Gasteiger partial charge in [0.25, 0.3) is 0 Å². The van der Waals surface area contributed by atoms with Gasteiger partial charge in [0.05, 0.1) is 5.02 Å². The van der Waals surface area contributed by atoms with E-state index in [-0.39, 0.29) is 0 Å². The second-order valence-corrected chi connectivity index (χ2v) is 6.37. The lowest BCUT2D eigenvalue weighted by Crippen LogP contribution is -2.23. The van der Waals surface area contributed by atoms with Crippen molar-refractivity contribution in [3.8, 4) is 0 Å². The summed E-state index contributed by atoms with van der Waals surface area (Å²) in [5.41, 5.74) is 1.24. The molecule has 0 amide bonds. The standard InChI is InChI=1S/C15H21BrClN/c1-2-18-14(10-11-6-3-4-7-11)12-8-5-9-13(16)15(12)17/h5,8-9,11,14,18H,2-4,6-7,10H2,1H3. The molecule has 1 nitrogen and oxygen atoms in total. The van der Waals surface area contributed by atoms with Crippen LogP contribution in [0.4, 0.5) is 0 Å². The lowest BCUT2D eigenvalue weighted by Gasteiger charge is -2.23. The highest BCUT2D eigenvalue weighted by Gasteiger charge is 2.22. The largest absolute Gasteiger partial charge is 0.310 e. The van der Waals surface area contributed by atoms with Gasteiger partial charge in [-0.15, -0.1) is 0 Å². The quantitative estimate of drug-likeness (QED) is 0.769. The third-order valence-electron chi connectivity index (χ3n) is 3.85. The smallest absolute Gasteiger partial charge is 0.0595 e. The van der Waals surface area contributed by atoms with Crippen molar-refractivity contribution in [2.75, 3.05) is 6.54 Å². The molecule has 0 spiro atoms. The summed E-state index contributed by atoms with van der Waals surface area (Å²) in [6.07, 6.45) is 6.77. The Kier molecular flexibility index (Phi) is 5.53. The van der Waals surface area contributed by atoms with Gasteiger partial charge in [-0.3, -0.25) is 0 Å². The fourth-order valence-corrected chi connectivity index (χ4v) is 3.57. The van der Waals surface area contributed by atoms with E-state index in [1.165, 1.54) is 37.7 Å². The lowest BCUT2D eigenvalue weighted by atomic mass is 9.93. The first-order valence-electron chi connectivity index (χ1n) is 6.89. The molecule has 1 aliphatic rings. The van der Waals surface area contributed by atoms with E-state index in [4.69, 9.17) is 11.6 Å². The second-order valence-electron chi connectivity index (χ2n) is 5.14. The molecule has 0 saturated heterocycles. The van der Waals surface area contributed by atoms with Crippen LogP contribution in [-0.2, 0) is 0 Å². The molecule has 1 unspecified atom stereocenters. The molecule has 3 heteroatoms. The highest BCUT2D eigenvalue weighted by molar-refractivity contribution is 9.10. The summed E-state index contributed by atoms with van der Waals surface area (Å²) in [4.78, 5) is 0. The van der Waals surface area contributed by atoms with E-state index in [2.05, 4.69) is 40.3 Å². The molecule has 1 N–H and O–H groups in total. The zero-order valence-electron chi connectivity index (χ0n) is 10.9. The van der Waals surface area contributed by atoms with Gasteiger partial charge in [-0.2, -0.15) is 0 Å². The molecule has 0 aromatic heterocycles. The molecule has 1 aromatic carbocycles. The number of hydrogen-bond donors (Lipinski definition) is 1. The summed E-state index contributed by atoms with van der Waals surface area (Å²) in [5, 5.41) is 4.45. The fraction of sp³-hybridized carbons (Fsp3) is 0.600. The fourth-order valence-electron chi connectivity index (χ4n) is 2.94. The number of nitrogens with one attached hydrogen (secondary N) is 1. The second kappa shape index (κ2) is 6.93. The molecule has 1 atom stereocenters. The first-order chi connectivity index (χ1) is 8.72. The van der Waals surface area contributed by atoms with Crippen LogP contribution in [0.25, 0.3) is 0 Å². The summed E-state index contributed by atoms with van der Waals surface area (Å²) < 4.78 is 0.996. The molecule has 2 rings (SSSR count). The van der Waals surface area contributed by atoms with Crippen LogP contribution in [0.5, 0.6) is 0 Å². The molecular formula is C15H21BrClN. The van der Waals surface area contributed by atoms with Gasteiger partial charge < -0.3 is 5.32 Å². The van der Waals surface area contributed by atoms with Crippen molar-refractivity contribution in [2.45, 2.75) is 45.1 Å². The Labute approximate surface area is 123 Å². The average Bonchev–Trinajstić information content (AvgIpc) is 2.85. The van der Waals surface area contributed by atoms with Gasteiger partial charge >= 0.3 is 0 Å². The van der Waals surface area contributed by atoms with E-state index in [0.717, 1.165) is 22.0 Å². The predicted molar refractivity (Wildman–Crippen MR) is 82.1 cm³/mol. The maximum absolute atomic E-state index is 6.42. The van der Waals surface area contributed by atoms with E-state index >= 15 is 0 Å². The van der Waals surface area contributed by atoms with Crippen molar-refractivity contribution in [1.29, 1.82) is 0 Å². The van der Waals surface area contributed by atoms with Crippen molar-refractivity contribution >= 4 is 27.5 Å². The monoisotopic (exact) mass is 329 g/mol. The van der Waals surface area contributed by atoms with Crippen LogP contribution < -0.4 is 5.32 Å². The number of rotatable bonds is 5. The normalized spacial score (nSPS) is 18.2. The number of halogens is 2. The van der Waals surface area contributed by atoms with Crippen LogP contribution in [-0.4, -0.2) is 6.54 Å². The maximum Gasteiger partial charge on any atom is 0.0595 e. The minimum absolute atomic E-state index is 0.392. The summed E-state index contributed by atoms with van der Waals surface area (Å²) in [6, 6.07) is 6.62. The van der Waals surface area contributed by atoms with Crippen LogP contribution >= 0.6 is 27.5 Å². The molecule has 100 valence electrons. The molecular weight excluding hydrogens is 310 g/mol. The van der Waals surface area contributed by atoms with E-state index < -0.39 is 0 Å². The highest BCUT2D eigenvalue weighted by Crippen LogP contribution is 2.37. The topological polar surface area (TPSA) is 12.0 Å². The van der Waals surface area contributed by atoms with Crippen molar-refractivity contribution in [1.82, 2.24) is 5.32 Å². The Balaban J connectivity index is 2.14. The minimum atomic E-state index is 0.392. The van der Waals surface area contributed by atoms with Crippen LogP contribution in [0.1, 0.15) is 50.6 Å². The Morgan fingerprint density at radius 3 is 2.78 bits per heavy atom. The minimum Gasteiger partial charge on any atom is -0.310 e. The van der Waals surface area contributed by atoms with Gasteiger partial charge in [-0.1, -0.05) is 56.3 Å². The van der Waals surface area contributed by atoms with Crippen molar-refractivity contribution < 1.29 is 0 Å². The van der Waals surface area contributed by atoms with Crippen molar-refractivity contribution in [2.24, 2.45) is 5.92 Å². The van der Waals surface area contributed by atoms with Crippen LogP contribution in [0.15, 0.2) is 22.7 Å². The Morgan fingerprint density at radius 1 is 1.39 bits per heavy atom. The summed E-state index contributed by atoms with van der Waals surface area (Å²) in [5.74, 6) is 0.865. The van der Waals surface area contributed by atoms with Crippen LogP contribution in [0.2, 0.25) is 5.02 Å². The number of hydrogen-bond acceptors (Lipinski definition) is 1. The first kappa shape index (κ1) is 14.4. The Morgan fingerprint density at radius 2 is 2.11 bits per heavy atom. The van der Waals surface area contributed by atoms with Gasteiger partial charge in [-0.05, 0) is 46.4 Å². The van der Waals surface area contributed by atoms with E-state index in [1.807, 2.05) is 6.07 Å². The lowest BCUT2D eigenvalue weighted by molar-refractivity contribution is 0.401. The summed E-state index contributed by atoms with van der Waals surface area (Å²) >= 11 is 9.94. The average molecular weight is 331 g/mol. The van der Waals surface area contributed by atoms with Crippen molar-refractivity contribution in [3.05, 3.63) is 33.3 Å². The third-order valence-corrected chi connectivity index (χ3v) is 5.16. The maximum atomic E-state index is 6.42. The number of benzene rings is 1. The Hall–Kier alpha value is -0.0500. The molecule has 0 heterocycles. The molecule has 1 fully saturated rings. The molecule has 0 aliphatic heterocycles. The van der Waals surface area contributed by atoms with Gasteiger partial charge in [0.15, 0.2) is 0 Å². The van der Waals surface area contributed by atoms with Gasteiger partial charge in [-0.25, -0.2) is 0 Å². The molecule has 18 heavy (non-hydrogen) atoms. The molecule has 1 saturated carbocycles. The van der Waals surface area contributed by atoms with Crippen LogP contribution in [0, 0.1) is 5.92 Å². The molecule has 1 aromatic rings. The SMILES string of the molecule is CCNC(CC1CCCC1)c1cccc(Br)c1Cl. The summed E-state index contributed by atoms with van der Waals surface area (Å²) in [6.45, 7) is 3.15.